The first-order chi connectivity index (χ1) is 13.7. The summed E-state index contributed by atoms with van der Waals surface area (Å²) in [5.74, 6) is 2.02. The molecule has 1 fully saturated rings. The lowest BCUT2D eigenvalue weighted by molar-refractivity contribution is 0.174. The number of nitrogens with one attached hydrogen (secondary N) is 1. The molecule has 1 saturated heterocycles. The topological polar surface area (TPSA) is 80.5 Å². The SMILES string of the molecule is COc1ccc(CNC(=O)N2CCCC(c3nnc(-c4ccsc4)o3)C2)cc1. The molecule has 8 heteroatoms. The number of carbonyl (C=O) groups excluding carboxylic acids is 1. The Morgan fingerprint density at radius 3 is 2.93 bits per heavy atom. The van der Waals surface area contributed by atoms with Crippen LogP contribution in [0.5, 0.6) is 5.75 Å². The first kappa shape index (κ1) is 18.5. The number of thiophene rings is 1. The van der Waals surface area contributed by atoms with Crippen molar-refractivity contribution in [2.24, 2.45) is 0 Å². The van der Waals surface area contributed by atoms with Crippen molar-refractivity contribution in [3.05, 3.63) is 52.5 Å². The Labute approximate surface area is 167 Å². The van der Waals surface area contributed by atoms with Gasteiger partial charge >= 0.3 is 6.03 Å². The van der Waals surface area contributed by atoms with E-state index in [1.54, 1.807) is 18.4 Å². The minimum atomic E-state index is -0.0712. The molecule has 1 N–H and O–H groups in total. The van der Waals surface area contributed by atoms with E-state index < -0.39 is 0 Å². The molecule has 2 aromatic heterocycles. The Kier molecular flexibility index (Phi) is 5.57. The standard InChI is InChI=1S/C20H22N4O3S/c1-26-17-6-4-14(5-7-17)11-21-20(25)24-9-2-3-15(12-24)18-22-23-19(27-18)16-8-10-28-13-16/h4-8,10,13,15H,2-3,9,11-12H2,1H3,(H,21,25). The second kappa shape index (κ2) is 8.43. The van der Waals surface area contributed by atoms with E-state index in [0.29, 0.717) is 24.9 Å². The van der Waals surface area contributed by atoms with E-state index in [-0.39, 0.29) is 11.9 Å². The molecule has 0 aliphatic carbocycles. The van der Waals surface area contributed by atoms with Crippen LogP contribution in [0.15, 0.2) is 45.5 Å². The summed E-state index contributed by atoms with van der Waals surface area (Å²) in [5, 5.41) is 15.3. The van der Waals surface area contributed by atoms with Crippen molar-refractivity contribution in [1.29, 1.82) is 0 Å². The zero-order valence-electron chi connectivity index (χ0n) is 15.6. The average Bonchev–Trinajstić information content (AvgIpc) is 3.44. The van der Waals surface area contributed by atoms with Crippen LogP contribution in [-0.2, 0) is 6.54 Å². The summed E-state index contributed by atoms with van der Waals surface area (Å²) in [6, 6.07) is 9.56. The van der Waals surface area contributed by atoms with Crippen molar-refractivity contribution in [3.63, 3.8) is 0 Å². The van der Waals surface area contributed by atoms with Crippen molar-refractivity contribution in [2.75, 3.05) is 20.2 Å². The van der Waals surface area contributed by atoms with Gasteiger partial charge in [-0.05, 0) is 42.0 Å². The Bertz CT molecular complexity index is 908. The normalized spacial score (nSPS) is 16.8. The first-order valence-electron chi connectivity index (χ1n) is 9.24. The van der Waals surface area contributed by atoms with E-state index >= 15 is 0 Å². The highest BCUT2D eigenvalue weighted by Crippen LogP contribution is 2.29. The van der Waals surface area contributed by atoms with Crippen molar-refractivity contribution < 1.29 is 13.9 Å². The van der Waals surface area contributed by atoms with Gasteiger partial charge in [0.25, 0.3) is 0 Å². The van der Waals surface area contributed by atoms with Crippen LogP contribution in [0, 0.1) is 0 Å². The molecule has 1 aromatic carbocycles. The highest BCUT2D eigenvalue weighted by molar-refractivity contribution is 7.08. The molecular weight excluding hydrogens is 376 g/mol. The number of hydrogen-bond donors (Lipinski definition) is 1. The third kappa shape index (κ3) is 4.17. The van der Waals surface area contributed by atoms with Crippen LogP contribution >= 0.6 is 11.3 Å². The maximum atomic E-state index is 12.6. The molecule has 0 bridgehead atoms. The highest BCUT2D eigenvalue weighted by atomic mass is 32.1. The number of aromatic nitrogens is 2. The Balaban J connectivity index is 1.34. The molecule has 146 valence electrons. The molecular formula is C20H22N4O3S. The number of likely N-dealkylation sites (tertiary alicyclic amines) is 1. The summed E-state index contributed by atoms with van der Waals surface area (Å²) in [4.78, 5) is 14.4. The van der Waals surface area contributed by atoms with Gasteiger partial charge in [-0.2, -0.15) is 11.3 Å². The maximum absolute atomic E-state index is 12.6. The summed E-state index contributed by atoms with van der Waals surface area (Å²) in [5.41, 5.74) is 1.97. The zero-order valence-corrected chi connectivity index (χ0v) is 16.4. The van der Waals surface area contributed by atoms with Crippen LogP contribution < -0.4 is 10.1 Å². The molecule has 0 spiro atoms. The van der Waals surface area contributed by atoms with E-state index in [1.165, 1.54) is 0 Å². The average molecular weight is 398 g/mol. The van der Waals surface area contributed by atoms with Gasteiger partial charge in [0.15, 0.2) is 0 Å². The van der Waals surface area contributed by atoms with Crippen LogP contribution in [-0.4, -0.2) is 41.3 Å². The number of carbonyl (C=O) groups is 1. The third-order valence-electron chi connectivity index (χ3n) is 4.87. The maximum Gasteiger partial charge on any atom is 0.317 e. The van der Waals surface area contributed by atoms with Crippen molar-refractivity contribution in [2.45, 2.75) is 25.3 Å². The van der Waals surface area contributed by atoms with Gasteiger partial charge < -0.3 is 19.4 Å². The van der Waals surface area contributed by atoms with E-state index in [4.69, 9.17) is 9.15 Å². The number of benzene rings is 1. The molecule has 3 aromatic rings. The van der Waals surface area contributed by atoms with Gasteiger partial charge in [0.1, 0.15) is 5.75 Å². The summed E-state index contributed by atoms with van der Waals surface area (Å²) in [6.07, 6.45) is 1.85. The molecule has 28 heavy (non-hydrogen) atoms. The molecule has 2 amide bonds. The number of hydrogen-bond acceptors (Lipinski definition) is 6. The molecule has 1 unspecified atom stereocenters. The Hall–Kier alpha value is -2.87. The van der Waals surface area contributed by atoms with Gasteiger partial charge in [0.2, 0.25) is 11.8 Å². The van der Waals surface area contributed by atoms with Crippen molar-refractivity contribution in [1.82, 2.24) is 20.4 Å². The second-order valence-corrected chi connectivity index (χ2v) is 7.53. The minimum Gasteiger partial charge on any atom is -0.497 e. The quantitative estimate of drug-likeness (QED) is 0.705. The smallest absolute Gasteiger partial charge is 0.317 e. The lowest BCUT2D eigenvalue weighted by atomic mass is 9.98. The number of amides is 2. The van der Waals surface area contributed by atoms with E-state index in [2.05, 4.69) is 15.5 Å². The van der Waals surface area contributed by atoms with Gasteiger partial charge in [-0.1, -0.05) is 12.1 Å². The summed E-state index contributed by atoms with van der Waals surface area (Å²) < 4.78 is 11.0. The number of urea groups is 1. The monoisotopic (exact) mass is 398 g/mol. The molecule has 0 saturated carbocycles. The number of piperidine rings is 1. The number of methoxy groups -OCH3 is 1. The largest absolute Gasteiger partial charge is 0.497 e. The third-order valence-corrected chi connectivity index (χ3v) is 5.55. The lowest BCUT2D eigenvalue weighted by Gasteiger charge is -2.31. The van der Waals surface area contributed by atoms with Gasteiger partial charge in [-0.25, -0.2) is 4.79 Å². The fourth-order valence-electron chi connectivity index (χ4n) is 3.30. The molecule has 1 aliphatic rings. The highest BCUT2D eigenvalue weighted by Gasteiger charge is 2.28. The molecule has 3 heterocycles. The molecule has 7 nitrogen and oxygen atoms in total. The molecule has 0 radical (unpaired) electrons. The predicted octanol–water partition coefficient (Wildman–Crippen LogP) is 3.90. The second-order valence-electron chi connectivity index (χ2n) is 6.75. The van der Waals surface area contributed by atoms with Crippen molar-refractivity contribution in [3.8, 4) is 17.2 Å². The fourth-order valence-corrected chi connectivity index (χ4v) is 3.93. The van der Waals surface area contributed by atoms with Gasteiger partial charge in [-0.3, -0.25) is 0 Å². The number of rotatable bonds is 5. The lowest BCUT2D eigenvalue weighted by Crippen LogP contribution is -2.44. The number of nitrogens with zero attached hydrogens (tertiary/aromatic N) is 3. The fraction of sp³-hybridized carbons (Fsp3) is 0.350. The van der Waals surface area contributed by atoms with Gasteiger partial charge in [0, 0.05) is 30.6 Å². The van der Waals surface area contributed by atoms with E-state index in [9.17, 15) is 4.79 Å². The van der Waals surface area contributed by atoms with Crippen LogP contribution in [0.2, 0.25) is 0 Å². The van der Waals surface area contributed by atoms with Crippen molar-refractivity contribution >= 4 is 17.4 Å². The molecule has 4 rings (SSSR count). The summed E-state index contributed by atoms with van der Waals surface area (Å²) in [6.45, 7) is 1.79. The first-order valence-corrected chi connectivity index (χ1v) is 10.2. The summed E-state index contributed by atoms with van der Waals surface area (Å²) in [7, 11) is 1.64. The molecule has 1 aliphatic heterocycles. The Morgan fingerprint density at radius 2 is 2.18 bits per heavy atom. The number of ether oxygens (including phenoxy) is 1. The van der Waals surface area contributed by atoms with Crippen LogP contribution in [0.1, 0.15) is 30.2 Å². The Morgan fingerprint density at radius 1 is 1.32 bits per heavy atom. The van der Waals surface area contributed by atoms with Crippen LogP contribution in [0.25, 0.3) is 11.5 Å². The van der Waals surface area contributed by atoms with E-state index in [0.717, 1.165) is 36.3 Å². The van der Waals surface area contributed by atoms with Crippen LogP contribution in [0.4, 0.5) is 4.79 Å². The predicted molar refractivity (Wildman–Crippen MR) is 106 cm³/mol. The van der Waals surface area contributed by atoms with Gasteiger partial charge in [0.05, 0.1) is 13.0 Å². The zero-order chi connectivity index (χ0) is 19.3. The molecule has 1 atom stereocenters. The minimum absolute atomic E-state index is 0.0698. The van der Waals surface area contributed by atoms with Gasteiger partial charge in [-0.15, -0.1) is 10.2 Å². The van der Waals surface area contributed by atoms with Crippen LogP contribution in [0.3, 0.4) is 0 Å². The summed E-state index contributed by atoms with van der Waals surface area (Å²) >= 11 is 1.59. The van der Waals surface area contributed by atoms with E-state index in [1.807, 2.05) is 46.0 Å².